The maximum Gasteiger partial charge on any atom is 0.0233 e. The second-order valence-electron chi connectivity index (χ2n) is 5.35. The van der Waals surface area contributed by atoms with Crippen molar-refractivity contribution in [3.8, 4) is 0 Å². The third-order valence-corrected chi connectivity index (χ3v) is 4.97. The SMILES string of the molecule is CCNCCc1ccc(CN(C)C2CCSC2)cc1. The number of hydrogen-bond donors (Lipinski definition) is 1. The Morgan fingerprint density at radius 1 is 1.26 bits per heavy atom. The van der Waals surface area contributed by atoms with E-state index in [2.05, 4.69) is 60.2 Å². The lowest BCUT2D eigenvalue weighted by Gasteiger charge is -2.23. The second kappa shape index (κ2) is 7.93. The summed E-state index contributed by atoms with van der Waals surface area (Å²) in [5.41, 5.74) is 2.87. The van der Waals surface area contributed by atoms with Gasteiger partial charge in [0.05, 0.1) is 0 Å². The van der Waals surface area contributed by atoms with E-state index in [-0.39, 0.29) is 0 Å². The Hall–Kier alpha value is -0.510. The molecule has 1 saturated heterocycles. The third kappa shape index (κ3) is 4.83. The first kappa shape index (κ1) is 14.9. The van der Waals surface area contributed by atoms with Crippen LogP contribution in [0.5, 0.6) is 0 Å². The van der Waals surface area contributed by atoms with Gasteiger partial charge in [0.25, 0.3) is 0 Å². The number of nitrogens with zero attached hydrogens (tertiary/aromatic N) is 1. The Balaban J connectivity index is 1.80. The molecule has 3 heteroatoms. The molecule has 0 radical (unpaired) electrons. The molecule has 2 nitrogen and oxygen atoms in total. The van der Waals surface area contributed by atoms with E-state index in [0.717, 1.165) is 32.1 Å². The topological polar surface area (TPSA) is 15.3 Å². The Morgan fingerprint density at radius 2 is 2.00 bits per heavy atom. The van der Waals surface area contributed by atoms with Crippen LogP contribution < -0.4 is 5.32 Å². The zero-order chi connectivity index (χ0) is 13.5. The molecule has 1 aliphatic rings. The summed E-state index contributed by atoms with van der Waals surface area (Å²) in [6.45, 7) is 5.37. The Kier molecular flexibility index (Phi) is 6.21. The Bertz CT molecular complexity index is 358. The van der Waals surface area contributed by atoms with Crippen LogP contribution in [0, 0.1) is 0 Å². The number of hydrogen-bond acceptors (Lipinski definition) is 3. The third-order valence-electron chi connectivity index (χ3n) is 3.82. The lowest BCUT2D eigenvalue weighted by molar-refractivity contribution is 0.254. The predicted molar refractivity (Wildman–Crippen MR) is 85.9 cm³/mol. The van der Waals surface area contributed by atoms with Crippen molar-refractivity contribution in [3.05, 3.63) is 35.4 Å². The van der Waals surface area contributed by atoms with Crippen LogP contribution >= 0.6 is 11.8 Å². The number of rotatable bonds is 7. The molecular formula is C16H26N2S. The van der Waals surface area contributed by atoms with Crippen LogP contribution in [0.1, 0.15) is 24.5 Å². The fraction of sp³-hybridized carbons (Fsp3) is 0.625. The smallest absolute Gasteiger partial charge is 0.0233 e. The van der Waals surface area contributed by atoms with E-state index in [1.807, 2.05) is 0 Å². The fourth-order valence-electron chi connectivity index (χ4n) is 2.51. The summed E-state index contributed by atoms with van der Waals surface area (Å²) in [5, 5.41) is 3.37. The zero-order valence-corrected chi connectivity index (χ0v) is 13.0. The summed E-state index contributed by atoms with van der Waals surface area (Å²) in [7, 11) is 2.26. The van der Waals surface area contributed by atoms with E-state index in [9.17, 15) is 0 Å². The molecule has 1 unspecified atom stereocenters. The molecule has 0 aliphatic carbocycles. The summed E-state index contributed by atoms with van der Waals surface area (Å²) >= 11 is 2.09. The second-order valence-corrected chi connectivity index (χ2v) is 6.50. The summed E-state index contributed by atoms with van der Waals surface area (Å²) in [6.07, 6.45) is 2.48. The Morgan fingerprint density at radius 3 is 2.63 bits per heavy atom. The van der Waals surface area contributed by atoms with Crippen LogP contribution in [0.4, 0.5) is 0 Å². The molecule has 0 saturated carbocycles. The molecule has 1 fully saturated rings. The number of nitrogens with one attached hydrogen (secondary N) is 1. The van der Waals surface area contributed by atoms with Crippen molar-refractivity contribution in [2.75, 3.05) is 31.6 Å². The Labute approximate surface area is 122 Å². The van der Waals surface area contributed by atoms with Gasteiger partial charge in [0.2, 0.25) is 0 Å². The molecule has 0 aromatic heterocycles. The standard InChI is InChI=1S/C16H26N2S/c1-3-17-10-8-14-4-6-15(7-5-14)12-18(2)16-9-11-19-13-16/h4-7,16-17H,3,8-13H2,1-2H3. The van der Waals surface area contributed by atoms with Crippen LogP contribution in [0.25, 0.3) is 0 Å². The summed E-state index contributed by atoms with van der Waals surface area (Å²) in [5.74, 6) is 2.63. The molecule has 106 valence electrons. The van der Waals surface area contributed by atoms with Crippen LogP contribution in [0.15, 0.2) is 24.3 Å². The van der Waals surface area contributed by atoms with Gasteiger partial charge in [-0.2, -0.15) is 11.8 Å². The van der Waals surface area contributed by atoms with Crippen molar-refractivity contribution in [1.82, 2.24) is 10.2 Å². The molecule has 19 heavy (non-hydrogen) atoms. The zero-order valence-electron chi connectivity index (χ0n) is 12.2. The van der Waals surface area contributed by atoms with Crippen molar-refractivity contribution >= 4 is 11.8 Å². The maximum atomic E-state index is 3.37. The quantitative estimate of drug-likeness (QED) is 0.772. The fourth-order valence-corrected chi connectivity index (χ4v) is 3.81. The van der Waals surface area contributed by atoms with E-state index < -0.39 is 0 Å². The molecule has 1 aliphatic heterocycles. The number of likely N-dealkylation sites (N-methyl/N-ethyl adjacent to an activating group) is 1. The van der Waals surface area contributed by atoms with Crippen molar-refractivity contribution in [2.45, 2.75) is 32.4 Å². The highest BCUT2D eigenvalue weighted by molar-refractivity contribution is 7.99. The lowest BCUT2D eigenvalue weighted by atomic mass is 10.1. The molecule has 1 aromatic rings. The largest absolute Gasteiger partial charge is 0.317 e. The maximum absolute atomic E-state index is 3.37. The van der Waals surface area contributed by atoms with Crippen molar-refractivity contribution in [3.63, 3.8) is 0 Å². The van der Waals surface area contributed by atoms with E-state index in [1.54, 1.807) is 0 Å². The minimum atomic E-state index is 0.776. The molecule has 1 atom stereocenters. The molecule has 1 N–H and O–H groups in total. The van der Waals surface area contributed by atoms with E-state index >= 15 is 0 Å². The first-order valence-electron chi connectivity index (χ1n) is 7.36. The van der Waals surface area contributed by atoms with Gasteiger partial charge in [-0.3, -0.25) is 4.90 Å². The van der Waals surface area contributed by atoms with Gasteiger partial charge in [-0.15, -0.1) is 0 Å². The molecule has 0 amide bonds. The highest BCUT2D eigenvalue weighted by Crippen LogP contribution is 2.22. The van der Waals surface area contributed by atoms with Gasteiger partial charge >= 0.3 is 0 Å². The van der Waals surface area contributed by atoms with Crippen LogP contribution in [0.3, 0.4) is 0 Å². The summed E-state index contributed by atoms with van der Waals surface area (Å²) < 4.78 is 0. The van der Waals surface area contributed by atoms with Gasteiger partial charge in [-0.1, -0.05) is 31.2 Å². The van der Waals surface area contributed by atoms with E-state index in [4.69, 9.17) is 0 Å². The van der Waals surface area contributed by atoms with Gasteiger partial charge < -0.3 is 5.32 Å². The van der Waals surface area contributed by atoms with Crippen molar-refractivity contribution in [2.24, 2.45) is 0 Å². The first-order chi connectivity index (χ1) is 9.29. The predicted octanol–water partition coefficient (Wildman–Crippen LogP) is 2.78. The van der Waals surface area contributed by atoms with E-state index in [1.165, 1.54) is 29.1 Å². The van der Waals surface area contributed by atoms with Crippen molar-refractivity contribution < 1.29 is 0 Å². The van der Waals surface area contributed by atoms with Gasteiger partial charge in [0.1, 0.15) is 0 Å². The van der Waals surface area contributed by atoms with Gasteiger partial charge in [-0.05, 0) is 49.9 Å². The molecule has 1 heterocycles. The van der Waals surface area contributed by atoms with Gasteiger partial charge in [-0.25, -0.2) is 0 Å². The van der Waals surface area contributed by atoms with Crippen LogP contribution in [-0.2, 0) is 13.0 Å². The van der Waals surface area contributed by atoms with Gasteiger partial charge in [0, 0.05) is 18.3 Å². The highest BCUT2D eigenvalue weighted by Gasteiger charge is 2.19. The minimum absolute atomic E-state index is 0.776. The average Bonchev–Trinajstić information content (AvgIpc) is 2.95. The molecule has 2 rings (SSSR count). The molecule has 0 bridgehead atoms. The number of thioether (sulfide) groups is 1. The van der Waals surface area contributed by atoms with Gasteiger partial charge in [0.15, 0.2) is 0 Å². The summed E-state index contributed by atoms with van der Waals surface area (Å²) in [4.78, 5) is 2.51. The molecule has 1 aromatic carbocycles. The van der Waals surface area contributed by atoms with Crippen molar-refractivity contribution in [1.29, 1.82) is 0 Å². The lowest BCUT2D eigenvalue weighted by Crippen LogP contribution is -2.30. The number of benzene rings is 1. The first-order valence-corrected chi connectivity index (χ1v) is 8.51. The summed E-state index contributed by atoms with van der Waals surface area (Å²) in [6, 6.07) is 9.92. The van der Waals surface area contributed by atoms with Crippen LogP contribution in [-0.4, -0.2) is 42.6 Å². The normalized spacial score (nSPS) is 19.2. The van der Waals surface area contributed by atoms with E-state index in [0.29, 0.717) is 0 Å². The highest BCUT2D eigenvalue weighted by atomic mass is 32.2. The molecule has 0 spiro atoms. The van der Waals surface area contributed by atoms with Crippen LogP contribution in [0.2, 0.25) is 0 Å². The monoisotopic (exact) mass is 278 g/mol. The average molecular weight is 278 g/mol. The minimum Gasteiger partial charge on any atom is -0.317 e. The molecular weight excluding hydrogens is 252 g/mol.